The van der Waals surface area contributed by atoms with Crippen molar-refractivity contribution in [1.29, 1.82) is 0 Å². The Kier molecular flexibility index (Phi) is 7.00. The fourth-order valence-electron chi connectivity index (χ4n) is 3.90. The Morgan fingerprint density at radius 2 is 1.39 bits per heavy atom. The van der Waals surface area contributed by atoms with Gasteiger partial charge in [0.2, 0.25) is 5.91 Å². The molecule has 1 aliphatic heterocycles. The minimum atomic E-state index is -7.00. The molecular weight excluding hydrogens is 465 g/mol. The van der Waals surface area contributed by atoms with E-state index in [2.05, 4.69) is 0 Å². The minimum Gasteiger partial charge on any atom is -0.311 e. The molecule has 33 heavy (non-hydrogen) atoms. The monoisotopic (exact) mass is 489 g/mol. The zero-order valence-corrected chi connectivity index (χ0v) is 18.4. The number of rotatable bonds is 8. The van der Waals surface area contributed by atoms with Gasteiger partial charge in [-0.3, -0.25) is 4.79 Å². The molecule has 1 aromatic rings. The second kappa shape index (κ2) is 8.54. The molecule has 2 rings (SSSR count). The van der Waals surface area contributed by atoms with Crippen molar-refractivity contribution in [3.8, 4) is 0 Å². The van der Waals surface area contributed by atoms with Crippen LogP contribution in [0.2, 0.25) is 0 Å². The second-order valence-corrected chi connectivity index (χ2v) is 8.34. The molecule has 1 amide bonds. The Bertz CT molecular complexity index is 919. The first kappa shape index (κ1) is 27.0. The highest BCUT2D eigenvalue weighted by molar-refractivity contribution is 6.00. The van der Waals surface area contributed by atoms with E-state index < -0.39 is 41.7 Å². The van der Waals surface area contributed by atoms with E-state index in [1.165, 1.54) is 6.92 Å². The summed E-state index contributed by atoms with van der Waals surface area (Å²) in [5.41, 5.74) is -1.06. The van der Waals surface area contributed by atoms with E-state index in [0.29, 0.717) is 18.4 Å². The van der Waals surface area contributed by atoms with Gasteiger partial charge in [-0.15, -0.1) is 0 Å². The maximum Gasteiger partial charge on any atom is 0.460 e. The van der Waals surface area contributed by atoms with Gasteiger partial charge in [-0.1, -0.05) is 38.1 Å². The van der Waals surface area contributed by atoms with Crippen LogP contribution in [0.15, 0.2) is 29.8 Å². The largest absolute Gasteiger partial charge is 0.460 e. The lowest BCUT2D eigenvalue weighted by atomic mass is 9.76. The van der Waals surface area contributed by atoms with Crippen LogP contribution in [0, 0.1) is 5.41 Å². The van der Waals surface area contributed by atoms with Crippen molar-refractivity contribution in [2.75, 3.05) is 6.54 Å². The summed E-state index contributed by atoms with van der Waals surface area (Å²) in [4.78, 5) is 14.2. The highest BCUT2D eigenvalue weighted by Crippen LogP contribution is 2.58. The fourth-order valence-corrected chi connectivity index (χ4v) is 3.90. The molecule has 0 aromatic heterocycles. The van der Waals surface area contributed by atoms with Gasteiger partial charge in [0.25, 0.3) is 0 Å². The summed E-state index contributed by atoms with van der Waals surface area (Å²) >= 11 is 0. The van der Waals surface area contributed by atoms with Crippen LogP contribution in [0.5, 0.6) is 0 Å². The molecule has 0 bridgehead atoms. The molecule has 1 aliphatic rings. The smallest absolute Gasteiger partial charge is 0.311 e. The molecular formula is C22H24F9NO. The van der Waals surface area contributed by atoms with Crippen molar-refractivity contribution >= 4 is 11.6 Å². The normalized spacial score (nSPS) is 20.8. The summed E-state index contributed by atoms with van der Waals surface area (Å²) < 4.78 is 121. The first-order valence-electron chi connectivity index (χ1n) is 10.2. The van der Waals surface area contributed by atoms with Crippen molar-refractivity contribution in [2.45, 2.75) is 70.9 Å². The van der Waals surface area contributed by atoms with Gasteiger partial charge in [0.05, 0.1) is 11.1 Å². The van der Waals surface area contributed by atoms with E-state index in [1.807, 2.05) is 6.92 Å². The van der Waals surface area contributed by atoms with Gasteiger partial charge in [0, 0.05) is 13.0 Å². The summed E-state index contributed by atoms with van der Waals surface area (Å²) in [6.07, 6.45) is -8.10. The molecule has 1 heterocycles. The van der Waals surface area contributed by atoms with Crippen LogP contribution in [-0.4, -0.2) is 41.3 Å². The Morgan fingerprint density at radius 3 is 1.82 bits per heavy atom. The molecule has 0 saturated heterocycles. The highest BCUT2D eigenvalue weighted by atomic mass is 19.4. The van der Waals surface area contributed by atoms with E-state index in [-0.39, 0.29) is 17.8 Å². The van der Waals surface area contributed by atoms with Crippen molar-refractivity contribution < 1.29 is 44.3 Å². The van der Waals surface area contributed by atoms with Crippen LogP contribution in [0.4, 0.5) is 39.5 Å². The number of carbonyl (C=O) groups excluding carboxylic acids is 1. The maximum absolute atomic E-state index is 14.5. The molecule has 1 aromatic carbocycles. The topological polar surface area (TPSA) is 20.3 Å². The first-order valence-corrected chi connectivity index (χ1v) is 10.2. The molecule has 11 heteroatoms. The molecule has 1 atom stereocenters. The quantitative estimate of drug-likeness (QED) is 0.357. The lowest BCUT2D eigenvalue weighted by Crippen LogP contribution is -2.62. The number of amides is 1. The van der Waals surface area contributed by atoms with Gasteiger partial charge < -0.3 is 4.90 Å². The van der Waals surface area contributed by atoms with Crippen LogP contribution in [0.25, 0.3) is 5.70 Å². The Hall–Kier alpha value is -2.20. The average molecular weight is 489 g/mol. The van der Waals surface area contributed by atoms with Crippen LogP contribution in [0.3, 0.4) is 0 Å². The van der Waals surface area contributed by atoms with E-state index >= 15 is 0 Å². The van der Waals surface area contributed by atoms with Gasteiger partial charge in [-0.05, 0) is 43.4 Å². The molecule has 0 aliphatic carbocycles. The summed E-state index contributed by atoms with van der Waals surface area (Å²) in [5.74, 6) is -20.7. The van der Waals surface area contributed by atoms with Crippen molar-refractivity contribution in [3.05, 3.63) is 41.0 Å². The molecule has 0 saturated carbocycles. The lowest BCUT2D eigenvalue weighted by molar-refractivity contribution is -0.398. The summed E-state index contributed by atoms with van der Waals surface area (Å²) in [6, 6.07) is 6.63. The number of alkyl halides is 9. The van der Waals surface area contributed by atoms with E-state index in [1.54, 1.807) is 31.2 Å². The molecule has 1 unspecified atom stereocenters. The van der Waals surface area contributed by atoms with Gasteiger partial charge >= 0.3 is 23.9 Å². The first-order chi connectivity index (χ1) is 14.9. The van der Waals surface area contributed by atoms with Crippen LogP contribution < -0.4 is 0 Å². The van der Waals surface area contributed by atoms with E-state index in [4.69, 9.17) is 0 Å². The molecule has 0 fully saturated rings. The zero-order chi connectivity index (χ0) is 25.6. The summed E-state index contributed by atoms with van der Waals surface area (Å²) in [5, 5.41) is 0. The molecule has 2 nitrogen and oxygen atoms in total. The number of carbonyl (C=O) groups is 1. The number of benzene rings is 1. The predicted octanol–water partition coefficient (Wildman–Crippen LogP) is 7.10. The van der Waals surface area contributed by atoms with Crippen molar-refractivity contribution in [1.82, 2.24) is 4.90 Å². The third-order valence-corrected chi connectivity index (χ3v) is 6.04. The molecule has 186 valence electrons. The molecule has 0 radical (unpaired) electrons. The van der Waals surface area contributed by atoms with Crippen LogP contribution in [-0.2, 0) is 11.2 Å². The predicted molar refractivity (Wildman–Crippen MR) is 104 cm³/mol. The molecule has 0 N–H and O–H groups in total. The minimum absolute atomic E-state index is 0.0112. The van der Waals surface area contributed by atoms with Gasteiger partial charge in [-0.25, -0.2) is 0 Å². The third-order valence-electron chi connectivity index (χ3n) is 6.04. The van der Waals surface area contributed by atoms with Gasteiger partial charge in [0.15, 0.2) is 0 Å². The fraction of sp³-hybridized carbons (Fsp3) is 0.591. The van der Waals surface area contributed by atoms with Gasteiger partial charge in [-0.2, -0.15) is 39.5 Å². The van der Waals surface area contributed by atoms with Crippen molar-refractivity contribution in [3.63, 3.8) is 0 Å². The Labute approximate surface area is 185 Å². The van der Waals surface area contributed by atoms with E-state index in [9.17, 15) is 44.3 Å². The number of hydrogen-bond acceptors (Lipinski definition) is 1. The number of hydrogen-bond donors (Lipinski definition) is 0. The zero-order valence-electron chi connectivity index (χ0n) is 18.4. The van der Waals surface area contributed by atoms with Crippen LogP contribution >= 0.6 is 0 Å². The summed E-state index contributed by atoms with van der Waals surface area (Å²) in [6.45, 7) is 5.64. The lowest BCUT2D eigenvalue weighted by Gasteiger charge is -2.37. The Morgan fingerprint density at radius 1 is 0.879 bits per heavy atom. The number of nitrogens with zero attached hydrogens (tertiary/aromatic N) is 1. The SMILES string of the molecule is CCCN1C(=O)C(C)(CC(F)(F)C(F)(F)C(F)(F)C(F)(F)F)C(C)=C1c1ccc(CC)cc1. The van der Waals surface area contributed by atoms with Crippen molar-refractivity contribution in [2.24, 2.45) is 5.41 Å². The average Bonchev–Trinajstić information content (AvgIpc) is 2.88. The van der Waals surface area contributed by atoms with E-state index in [0.717, 1.165) is 17.4 Å². The van der Waals surface area contributed by atoms with Crippen LogP contribution in [0.1, 0.15) is 51.7 Å². The third kappa shape index (κ3) is 4.23. The maximum atomic E-state index is 14.5. The Balaban J connectivity index is 2.59. The number of halogens is 9. The van der Waals surface area contributed by atoms with Gasteiger partial charge in [0.1, 0.15) is 0 Å². The summed E-state index contributed by atoms with van der Waals surface area (Å²) in [7, 11) is 0. The standard InChI is InChI=1S/C22H24F9NO/c1-5-11-32-16(15-9-7-14(6-2)8-10-15)13(3)18(4,17(32)33)12-19(23,24)20(25,26)21(27,28)22(29,30)31/h7-10H,5-6,11-12H2,1-4H3. The molecule has 0 spiro atoms. The second-order valence-electron chi connectivity index (χ2n) is 8.34. The highest BCUT2D eigenvalue weighted by Gasteiger charge is 2.82. The number of aryl methyl sites for hydroxylation is 1.